The van der Waals surface area contributed by atoms with Gasteiger partial charge in [-0.2, -0.15) is 0 Å². The lowest BCUT2D eigenvalue weighted by atomic mass is 10.2. The van der Waals surface area contributed by atoms with Crippen LogP contribution in [0, 0.1) is 6.92 Å². The number of hydrogen-bond acceptors (Lipinski definition) is 1. The molecule has 0 saturated carbocycles. The van der Waals surface area contributed by atoms with Gasteiger partial charge < -0.3 is 0 Å². The van der Waals surface area contributed by atoms with Crippen molar-refractivity contribution in [3.63, 3.8) is 0 Å². The van der Waals surface area contributed by atoms with Crippen molar-refractivity contribution in [3.05, 3.63) is 53.5 Å². The van der Waals surface area contributed by atoms with Crippen LogP contribution in [-0.2, 0) is 10.8 Å². The minimum Gasteiger partial charge on any atom is -0.250 e. The van der Waals surface area contributed by atoms with Gasteiger partial charge in [0.15, 0.2) is 0 Å². The Bertz CT molecular complexity index is 360. The summed E-state index contributed by atoms with van der Waals surface area (Å²) >= 11 is 0. The van der Waals surface area contributed by atoms with Crippen molar-refractivity contribution in [2.75, 3.05) is 0 Å². The Labute approximate surface area is 87.6 Å². The second-order valence-electron chi connectivity index (χ2n) is 2.96. The van der Waals surface area contributed by atoms with Crippen LogP contribution in [0.4, 0.5) is 0 Å². The Morgan fingerprint density at radius 3 is 2.36 bits per heavy atom. The smallest absolute Gasteiger partial charge is 0.0775 e. The summed E-state index contributed by atoms with van der Waals surface area (Å²) in [5.74, 6) is 0. The molecule has 0 aliphatic rings. The highest BCUT2D eigenvalue weighted by molar-refractivity contribution is 7.88. The van der Waals surface area contributed by atoms with Gasteiger partial charge in [-0.15, -0.1) is 0 Å². The highest BCUT2D eigenvalue weighted by Crippen LogP contribution is 2.08. The minimum atomic E-state index is -1.02. The molecule has 1 nitrogen and oxygen atoms in total. The molecule has 1 aromatic carbocycles. The first-order valence-electron chi connectivity index (χ1n) is 4.51. The zero-order chi connectivity index (χ0) is 10.4. The van der Waals surface area contributed by atoms with Gasteiger partial charge in [-0.3, -0.25) is 0 Å². The van der Waals surface area contributed by atoms with Gasteiger partial charge in [-0.1, -0.05) is 35.9 Å². The van der Waals surface area contributed by atoms with E-state index in [1.165, 1.54) is 5.56 Å². The highest BCUT2D eigenvalue weighted by Gasteiger charge is 1.96. The van der Waals surface area contributed by atoms with Gasteiger partial charge >= 0.3 is 0 Å². The minimum absolute atomic E-state index is 0.844. The van der Waals surface area contributed by atoms with E-state index in [1.807, 2.05) is 50.3 Å². The molecule has 0 aromatic heterocycles. The number of benzene rings is 1. The molecule has 0 aliphatic carbocycles. The van der Waals surface area contributed by atoms with Crippen molar-refractivity contribution in [2.45, 2.75) is 18.7 Å². The fraction of sp³-hybridized carbons (Fsp3) is 0.167. The third kappa shape index (κ3) is 3.30. The average molecular weight is 206 g/mol. The summed E-state index contributed by atoms with van der Waals surface area (Å²) in [4.78, 5) is 0.844. The molecule has 0 fully saturated rings. The molecule has 1 atom stereocenters. The van der Waals surface area contributed by atoms with Crippen LogP contribution in [0.3, 0.4) is 0 Å². The van der Waals surface area contributed by atoms with Crippen LogP contribution >= 0.6 is 0 Å². The van der Waals surface area contributed by atoms with Gasteiger partial charge in [0.25, 0.3) is 0 Å². The molecule has 14 heavy (non-hydrogen) atoms. The van der Waals surface area contributed by atoms with E-state index in [0.29, 0.717) is 0 Å². The van der Waals surface area contributed by atoms with Crippen molar-refractivity contribution in [1.29, 1.82) is 0 Å². The van der Waals surface area contributed by atoms with Crippen molar-refractivity contribution < 1.29 is 4.21 Å². The molecule has 0 heterocycles. The van der Waals surface area contributed by atoms with E-state index >= 15 is 0 Å². The SMILES string of the molecule is C/C=C/C=C/[S@@](=O)c1ccc(C)cc1. The lowest BCUT2D eigenvalue weighted by Gasteiger charge is -1.96. The fourth-order valence-electron chi connectivity index (χ4n) is 0.979. The predicted molar refractivity (Wildman–Crippen MR) is 61.5 cm³/mol. The molecular weight excluding hydrogens is 192 g/mol. The first-order chi connectivity index (χ1) is 6.74. The maximum absolute atomic E-state index is 11.6. The predicted octanol–water partition coefficient (Wildman–Crippen LogP) is 3.19. The Hall–Kier alpha value is -1.15. The molecule has 0 spiro atoms. The Morgan fingerprint density at radius 2 is 1.79 bits per heavy atom. The van der Waals surface area contributed by atoms with Crippen molar-refractivity contribution >= 4 is 10.8 Å². The van der Waals surface area contributed by atoms with Gasteiger partial charge in [-0.05, 0) is 26.0 Å². The van der Waals surface area contributed by atoms with Gasteiger partial charge in [-0.25, -0.2) is 4.21 Å². The first-order valence-corrected chi connectivity index (χ1v) is 5.72. The van der Waals surface area contributed by atoms with E-state index < -0.39 is 10.8 Å². The molecule has 0 aliphatic heterocycles. The molecule has 0 N–H and O–H groups in total. The van der Waals surface area contributed by atoms with Crippen LogP contribution in [-0.4, -0.2) is 4.21 Å². The number of allylic oxidation sites excluding steroid dienone is 3. The van der Waals surface area contributed by atoms with Gasteiger partial charge in [0, 0.05) is 10.3 Å². The van der Waals surface area contributed by atoms with E-state index in [4.69, 9.17) is 0 Å². The first kappa shape index (κ1) is 10.9. The molecule has 74 valence electrons. The van der Waals surface area contributed by atoms with Gasteiger partial charge in [0.2, 0.25) is 0 Å². The largest absolute Gasteiger partial charge is 0.250 e. The molecule has 0 bridgehead atoms. The van der Waals surface area contributed by atoms with Crippen LogP contribution in [0.15, 0.2) is 52.8 Å². The van der Waals surface area contributed by atoms with Gasteiger partial charge in [0.05, 0.1) is 10.8 Å². The van der Waals surface area contributed by atoms with E-state index in [-0.39, 0.29) is 0 Å². The van der Waals surface area contributed by atoms with Crippen LogP contribution in [0.5, 0.6) is 0 Å². The summed E-state index contributed by atoms with van der Waals surface area (Å²) in [6, 6.07) is 7.73. The molecule has 0 amide bonds. The van der Waals surface area contributed by atoms with Crippen molar-refractivity contribution in [3.8, 4) is 0 Å². The third-order valence-electron chi connectivity index (χ3n) is 1.76. The Kier molecular flexibility index (Phi) is 4.33. The monoisotopic (exact) mass is 206 g/mol. The summed E-state index contributed by atoms with van der Waals surface area (Å²) < 4.78 is 11.6. The second-order valence-corrected chi connectivity index (χ2v) is 4.30. The summed E-state index contributed by atoms with van der Waals surface area (Å²) in [6.45, 7) is 3.95. The molecule has 0 unspecified atom stereocenters. The summed E-state index contributed by atoms with van der Waals surface area (Å²) in [7, 11) is -1.02. The normalized spacial score (nSPS) is 13.9. The molecule has 2 heteroatoms. The Morgan fingerprint density at radius 1 is 1.14 bits per heavy atom. The Balaban J connectivity index is 2.75. The van der Waals surface area contributed by atoms with E-state index in [0.717, 1.165) is 4.90 Å². The zero-order valence-corrected chi connectivity index (χ0v) is 9.25. The van der Waals surface area contributed by atoms with Crippen LogP contribution in [0.1, 0.15) is 12.5 Å². The number of hydrogen-bond donors (Lipinski definition) is 0. The second kappa shape index (κ2) is 5.55. The molecular formula is C12H14OS. The fourth-order valence-corrected chi connectivity index (χ4v) is 1.77. The maximum atomic E-state index is 11.6. The third-order valence-corrected chi connectivity index (χ3v) is 2.90. The molecule has 0 saturated heterocycles. The molecule has 1 rings (SSSR count). The number of rotatable bonds is 3. The highest BCUT2D eigenvalue weighted by atomic mass is 32.2. The lowest BCUT2D eigenvalue weighted by Crippen LogP contribution is -1.85. The quantitative estimate of drug-likeness (QED) is 0.694. The zero-order valence-electron chi connectivity index (χ0n) is 8.44. The van der Waals surface area contributed by atoms with Crippen LogP contribution in [0.25, 0.3) is 0 Å². The average Bonchev–Trinajstić information content (AvgIpc) is 2.19. The van der Waals surface area contributed by atoms with E-state index in [9.17, 15) is 4.21 Å². The standard InChI is InChI=1S/C12H14OS/c1-3-4-5-10-14(13)12-8-6-11(2)7-9-12/h3-10H,1-2H3/b4-3+,10-5+/t14-/m1/s1. The number of aryl methyl sites for hydroxylation is 1. The molecule has 1 aromatic rings. The lowest BCUT2D eigenvalue weighted by molar-refractivity contribution is 0.688. The van der Waals surface area contributed by atoms with E-state index in [1.54, 1.807) is 11.5 Å². The van der Waals surface area contributed by atoms with Gasteiger partial charge in [0.1, 0.15) is 0 Å². The topological polar surface area (TPSA) is 17.1 Å². The summed E-state index contributed by atoms with van der Waals surface area (Å²) in [6.07, 6.45) is 5.57. The van der Waals surface area contributed by atoms with Crippen LogP contribution < -0.4 is 0 Å². The van der Waals surface area contributed by atoms with Crippen molar-refractivity contribution in [1.82, 2.24) is 0 Å². The summed E-state index contributed by atoms with van der Waals surface area (Å²) in [5, 5.41) is 1.69. The summed E-state index contributed by atoms with van der Waals surface area (Å²) in [5.41, 5.74) is 1.18. The maximum Gasteiger partial charge on any atom is 0.0775 e. The van der Waals surface area contributed by atoms with E-state index in [2.05, 4.69) is 0 Å². The molecule has 0 radical (unpaired) electrons. The van der Waals surface area contributed by atoms with Crippen LogP contribution in [0.2, 0.25) is 0 Å². The van der Waals surface area contributed by atoms with Crippen molar-refractivity contribution in [2.24, 2.45) is 0 Å².